The quantitative estimate of drug-likeness (QED) is 0.585. The van der Waals surface area contributed by atoms with Crippen LogP contribution in [0.3, 0.4) is 0 Å². The minimum Gasteiger partial charge on any atom is -0.372 e. The Balaban J connectivity index is 1.77. The lowest BCUT2D eigenvalue weighted by Gasteiger charge is -2.36. The second-order valence-electron chi connectivity index (χ2n) is 8.72. The molecule has 1 aliphatic heterocycles. The van der Waals surface area contributed by atoms with E-state index >= 15 is 0 Å². The van der Waals surface area contributed by atoms with Gasteiger partial charge in [0.25, 0.3) is 11.5 Å². The molecule has 168 valence electrons. The zero-order valence-electron chi connectivity index (χ0n) is 18.6. The van der Waals surface area contributed by atoms with E-state index in [1.807, 2.05) is 30.9 Å². The van der Waals surface area contributed by atoms with Crippen molar-refractivity contribution < 1.29 is 9.53 Å². The number of hydrogen-bond donors (Lipinski definition) is 1. The molecule has 1 aliphatic carbocycles. The number of morpholine rings is 1. The standard InChI is InChI=1S/C24H29N5O3/c1-16-14-28(15-17(2)32-16)22-20(24(31)29-11-7-6-10-21(29)27-22)12-18(13-25)23(30)26-19-8-4-3-5-9-19/h6-7,10-12,16-17,19H,3-5,8-9,14-15H2,1-2H3,(H,26,30)/b18-12+/t16-,17+. The van der Waals surface area contributed by atoms with Crippen LogP contribution in [0, 0.1) is 11.3 Å². The van der Waals surface area contributed by atoms with Crippen molar-refractivity contribution in [2.45, 2.75) is 64.2 Å². The fourth-order valence-electron chi connectivity index (χ4n) is 4.61. The number of ether oxygens (including phenoxy) is 1. The fraction of sp³-hybridized carbons (Fsp3) is 0.500. The number of carbonyl (C=O) groups is 1. The molecule has 8 nitrogen and oxygen atoms in total. The largest absolute Gasteiger partial charge is 0.372 e. The Morgan fingerprint density at radius 2 is 1.94 bits per heavy atom. The third kappa shape index (κ3) is 4.68. The van der Waals surface area contributed by atoms with Gasteiger partial charge in [0.2, 0.25) is 0 Å². The molecule has 0 bridgehead atoms. The average Bonchev–Trinajstić information content (AvgIpc) is 2.78. The van der Waals surface area contributed by atoms with Crippen molar-refractivity contribution in [1.29, 1.82) is 5.26 Å². The predicted octanol–water partition coefficient (Wildman–Crippen LogP) is 2.66. The fourth-order valence-corrected chi connectivity index (χ4v) is 4.61. The maximum Gasteiger partial charge on any atom is 0.267 e. The van der Waals surface area contributed by atoms with E-state index in [1.165, 1.54) is 16.9 Å². The highest BCUT2D eigenvalue weighted by Crippen LogP contribution is 2.24. The van der Waals surface area contributed by atoms with Crippen LogP contribution in [0.15, 0.2) is 34.8 Å². The Labute approximate surface area is 187 Å². The number of anilines is 1. The van der Waals surface area contributed by atoms with E-state index in [-0.39, 0.29) is 34.9 Å². The summed E-state index contributed by atoms with van der Waals surface area (Å²) in [7, 11) is 0. The summed E-state index contributed by atoms with van der Waals surface area (Å²) in [4.78, 5) is 33.0. The minimum atomic E-state index is -0.438. The number of fused-ring (bicyclic) bond motifs is 1. The highest BCUT2D eigenvalue weighted by molar-refractivity contribution is 6.02. The van der Waals surface area contributed by atoms with Gasteiger partial charge in [0.1, 0.15) is 23.1 Å². The minimum absolute atomic E-state index is 0.0309. The van der Waals surface area contributed by atoms with Crippen LogP contribution < -0.4 is 15.8 Å². The summed E-state index contributed by atoms with van der Waals surface area (Å²) in [5.74, 6) is 0.0352. The Kier molecular flexibility index (Phi) is 6.56. The van der Waals surface area contributed by atoms with Crippen molar-refractivity contribution in [3.05, 3.63) is 45.9 Å². The molecule has 1 saturated carbocycles. The number of nitrogens with one attached hydrogen (secondary N) is 1. The van der Waals surface area contributed by atoms with E-state index < -0.39 is 5.91 Å². The molecule has 1 amide bonds. The first-order chi connectivity index (χ1) is 15.5. The Bertz CT molecular complexity index is 1120. The monoisotopic (exact) mass is 435 g/mol. The third-order valence-electron chi connectivity index (χ3n) is 6.06. The molecule has 1 saturated heterocycles. The first-order valence-corrected chi connectivity index (χ1v) is 11.3. The maximum absolute atomic E-state index is 13.4. The molecule has 8 heteroatoms. The molecule has 4 rings (SSSR count). The Morgan fingerprint density at radius 3 is 2.62 bits per heavy atom. The van der Waals surface area contributed by atoms with E-state index in [0.717, 1.165) is 25.7 Å². The lowest BCUT2D eigenvalue weighted by Crippen LogP contribution is -2.46. The summed E-state index contributed by atoms with van der Waals surface area (Å²) >= 11 is 0. The van der Waals surface area contributed by atoms with Gasteiger partial charge < -0.3 is 15.0 Å². The van der Waals surface area contributed by atoms with E-state index in [2.05, 4.69) is 5.32 Å². The number of rotatable bonds is 4. The second-order valence-corrected chi connectivity index (χ2v) is 8.72. The van der Waals surface area contributed by atoms with Crippen LogP contribution in [0.1, 0.15) is 51.5 Å². The molecule has 0 aromatic carbocycles. The molecule has 2 aromatic rings. The number of nitriles is 1. The van der Waals surface area contributed by atoms with Crippen LogP contribution in [0.4, 0.5) is 5.82 Å². The molecule has 1 N–H and O–H groups in total. The molecular formula is C24H29N5O3. The molecular weight excluding hydrogens is 406 g/mol. The number of pyridine rings is 1. The lowest BCUT2D eigenvalue weighted by atomic mass is 9.95. The van der Waals surface area contributed by atoms with Gasteiger partial charge in [-0.3, -0.25) is 14.0 Å². The van der Waals surface area contributed by atoms with Gasteiger partial charge in [-0.05, 0) is 44.9 Å². The number of nitrogens with zero attached hydrogens (tertiary/aromatic N) is 4. The van der Waals surface area contributed by atoms with Gasteiger partial charge in [0.15, 0.2) is 0 Å². The van der Waals surface area contributed by atoms with Crippen LogP contribution >= 0.6 is 0 Å². The second kappa shape index (κ2) is 9.53. The van der Waals surface area contributed by atoms with Gasteiger partial charge in [-0.25, -0.2) is 4.98 Å². The van der Waals surface area contributed by atoms with E-state index in [4.69, 9.17) is 9.72 Å². The zero-order chi connectivity index (χ0) is 22.7. The first kappa shape index (κ1) is 22.0. The molecule has 2 atom stereocenters. The molecule has 3 heterocycles. The highest BCUT2D eigenvalue weighted by atomic mass is 16.5. The SMILES string of the molecule is C[C@@H]1CN(c2nc3ccccn3c(=O)c2/C=C(\C#N)C(=O)NC2CCCCC2)C[C@H](C)O1. The van der Waals surface area contributed by atoms with Gasteiger partial charge in [-0.1, -0.05) is 25.3 Å². The summed E-state index contributed by atoms with van der Waals surface area (Å²) in [6.45, 7) is 5.09. The van der Waals surface area contributed by atoms with Crippen molar-refractivity contribution >= 4 is 23.4 Å². The van der Waals surface area contributed by atoms with Gasteiger partial charge in [-0.15, -0.1) is 0 Å². The van der Waals surface area contributed by atoms with E-state index in [9.17, 15) is 14.9 Å². The Morgan fingerprint density at radius 1 is 1.22 bits per heavy atom. The zero-order valence-corrected chi connectivity index (χ0v) is 18.6. The smallest absolute Gasteiger partial charge is 0.267 e. The van der Waals surface area contributed by atoms with Crippen molar-refractivity contribution in [3.63, 3.8) is 0 Å². The lowest BCUT2D eigenvalue weighted by molar-refractivity contribution is -0.117. The summed E-state index contributed by atoms with van der Waals surface area (Å²) in [5.41, 5.74) is 0.364. The van der Waals surface area contributed by atoms with Crippen LogP contribution in [-0.4, -0.2) is 46.6 Å². The predicted molar refractivity (Wildman–Crippen MR) is 122 cm³/mol. The summed E-state index contributed by atoms with van der Waals surface area (Å²) in [5, 5.41) is 12.7. The molecule has 0 radical (unpaired) electrons. The van der Waals surface area contributed by atoms with E-state index in [1.54, 1.807) is 18.3 Å². The third-order valence-corrected chi connectivity index (χ3v) is 6.06. The van der Waals surface area contributed by atoms with Gasteiger partial charge in [-0.2, -0.15) is 5.26 Å². The maximum atomic E-state index is 13.4. The summed E-state index contributed by atoms with van der Waals surface area (Å²) in [6.07, 6.45) is 8.13. The van der Waals surface area contributed by atoms with Gasteiger partial charge >= 0.3 is 0 Å². The average molecular weight is 436 g/mol. The van der Waals surface area contributed by atoms with Gasteiger partial charge in [0, 0.05) is 25.3 Å². The van der Waals surface area contributed by atoms with Gasteiger partial charge in [0.05, 0.1) is 17.8 Å². The van der Waals surface area contributed by atoms with Crippen molar-refractivity contribution in [2.24, 2.45) is 0 Å². The number of aromatic nitrogens is 2. The van der Waals surface area contributed by atoms with Crippen molar-refractivity contribution in [3.8, 4) is 6.07 Å². The van der Waals surface area contributed by atoms with Crippen LogP contribution in [0.2, 0.25) is 0 Å². The van der Waals surface area contributed by atoms with Crippen molar-refractivity contribution in [1.82, 2.24) is 14.7 Å². The number of carbonyl (C=O) groups excluding carboxylic acids is 1. The normalized spacial score (nSPS) is 22.5. The van der Waals surface area contributed by atoms with E-state index in [0.29, 0.717) is 24.6 Å². The molecule has 2 fully saturated rings. The summed E-state index contributed by atoms with van der Waals surface area (Å²) < 4.78 is 7.28. The highest BCUT2D eigenvalue weighted by Gasteiger charge is 2.27. The first-order valence-electron chi connectivity index (χ1n) is 11.3. The van der Waals surface area contributed by atoms with Crippen LogP contribution in [-0.2, 0) is 9.53 Å². The van der Waals surface area contributed by atoms with Crippen molar-refractivity contribution in [2.75, 3.05) is 18.0 Å². The molecule has 2 aliphatic rings. The number of hydrogen-bond acceptors (Lipinski definition) is 6. The molecule has 0 unspecified atom stereocenters. The number of amides is 1. The molecule has 32 heavy (non-hydrogen) atoms. The Hall–Kier alpha value is -3.18. The summed E-state index contributed by atoms with van der Waals surface area (Å²) in [6, 6.07) is 7.41. The topological polar surface area (TPSA) is 99.7 Å². The molecule has 2 aromatic heterocycles. The molecule has 0 spiro atoms. The van der Waals surface area contributed by atoms with Crippen LogP contribution in [0.25, 0.3) is 11.7 Å². The van der Waals surface area contributed by atoms with Crippen LogP contribution in [0.5, 0.6) is 0 Å².